The second-order valence-corrected chi connectivity index (χ2v) is 32.4. The molecule has 1 fully saturated rings. The van der Waals surface area contributed by atoms with Crippen LogP contribution in [-0.4, -0.2) is 256 Å². The number of aromatic hydroxyl groups is 1. The number of hydrazine groups is 1. The van der Waals surface area contributed by atoms with Crippen LogP contribution in [0.3, 0.4) is 0 Å². The predicted molar refractivity (Wildman–Crippen MR) is 437 cm³/mol. The minimum Gasteiger partial charge on any atom is -0.508 e. The van der Waals surface area contributed by atoms with Gasteiger partial charge in [0.25, 0.3) is 5.91 Å². The van der Waals surface area contributed by atoms with Crippen molar-refractivity contribution in [3.05, 3.63) is 81.8 Å². The summed E-state index contributed by atoms with van der Waals surface area (Å²) in [4.78, 5) is 228. The Kier molecular flexibility index (Phi) is 44.6. The van der Waals surface area contributed by atoms with Gasteiger partial charge in [0.15, 0.2) is 17.9 Å². The lowest BCUT2D eigenvalue weighted by atomic mass is 9.92. The summed E-state index contributed by atoms with van der Waals surface area (Å²) in [6, 6.07) is 0.803. The van der Waals surface area contributed by atoms with Crippen LogP contribution >= 0.6 is 45.1 Å². The first-order valence-electron chi connectivity index (χ1n) is 38.6. The van der Waals surface area contributed by atoms with Crippen LogP contribution in [0.15, 0.2) is 60.0 Å². The van der Waals surface area contributed by atoms with E-state index in [1.807, 2.05) is 39.6 Å². The van der Waals surface area contributed by atoms with Crippen molar-refractivity contribution in [2.24, 2.45) is 11.8 Å². The lowest BCUT2D eigenvalue weighted by Gasteiger charge is -2.39. The molecule has 0 spiro atoms. The number of likely N-dealkylation sites (N-methyl/N-ethyl adjacent to an activating group) is 1. The summed E-state index contributed by atoms with van der Waals surface area (Å²) >= 11 is 5.97. The van der Waals surface area contributed by atoms with E-state index in [1.165, 1.54) is 29.3 Å². The Bertz CT molecular complexity index is 4010. The van der Waals surface area contributed by atoms with Gasteiger partial charge in [-0.15, -0.1) is 11.3 Å². The third kappa shape index (κ3) is 37.5. The van der Waals surface area contributed by atoms with Gasteiger partial charge in [0, 0.05) is 80.8 Å². The van der Waals surface area contributed by atoms with Gasteiger partial charge < -0.3 is 97.4 Å². The minimum absolute atomic E-state index is 0.0254. The summed E-state index contributed by atoms with van der Waals surface area (Å²) in [5.74, 6) is -18.2. The molecule has 9 amide bonds. The first-order valence-corrected chi connectivity index (χ1v) is 42.4. The molecule has 1 saturated heterocycles. The van der Waals surface area contributed by atoms with Gasteiger partial charge in [0.2, 0.25) is 41.4 Å². The Balaban J connectivity index is 1.34. The molecular formula is C76H107N13O27S4. The topological polar surface area (TPSA) is 599 Å². The third-order valence-electron chi connectivity index (χ3n) is 18.8. The quantitative estimate of drug-likeness (QED) is 0.00735. The summed E-state index contributed by atoms with van der Waals surface area (Å²) in [6.45, 7) is 10.3. The number of hydrogen-bond donors (Lipinski definition) is 17. The van der Waals surface area contributed by atoms with Gasteiger partial charge in [-0.25, -0.2) is 34.4 Å². The molecule has 2 heterocycles. The Hall–Kier alpha value is -11.0. The van der Waals surface area contributed by atoms with E-state index in [4.69, 9.17) is 31.5 Å². The van der Waals surface area contributed by atoms with Gasteiger partial charge in [-0.2, -0.15) is 0 Å². The molecular weight excluding hydrogens is 1660 g/mol. The highest BCUT2D eigenvalue weighted by atomic mass is 33.1. The molecule has 0 bridgehead atoms. The molecule has 1 aliphatic heterocycles. The molecule has 3 aromatic rings. The van der Waals surface area contributed by atoms with Crippen LogP contribution in [0.4, 0.5) is 4.79 Å². The van der Waals surface area contributed by atoms with E-state index in [0.29, 0.717) is 36.9 Å². The summed E-state index contributed by atoms with van der Waals surface area (Å²) in [5.41, 5.74) is 5.34. The second-order valence-electron chi connectivity index (χ2n) is 28.5. The van der Waals surface area contributed by atoms with E-state index in [-0.39, 0.29) is 90.8 Å². The molecule has 4 rings (SSSR count). The smallest absolute Gasteiger partial charge is 0.426 e. The van der Waals surface area contributed by atoms with Crippen molar-refractivity contribution in [2.75, 3.05) is 38.4 Å². The molecule has 0 saturated carbocycles. The number of likely N-dealkylation sites (tertiary alicyclic amines) is 1. The monoisotopic (exact) mass is 1760 g/mol. The number of carboxylic acid groups (broad SMARTS) is 6. The molecule has 1 unspecified atom stereocenters. The Morgan fingerprint density at radius 1 is 0.625 bits per heavy atom. The van der Waals surface area contributed by atoms with E-state index >= 15 is 4.79 Å². The zero-order chi connectivity index (χ0) is 89.3. The number of thiazole rings is 1. The first kappa shape index (κ1) is 101. The van der Waals surface area contributed by atoms with Gasteiger partial charge in [0.05, 0.1) is 12.5 Å². The zero-order valence-corrected chi connectivity index (χ0v) is 70.6. The molecule has 1 aliphatic rings. The molecule has 12 atom stereocenters. The summed E-state index contributed by atoms with van der Waals surface area (Å²) in [5, 5.41) is 88.3. The van der Waals surface area contributed by atoms with Crippen molar-refractivity contribution < 1.29 is 131 Å². The van der Waals surface area contributed by atoms with Crippen molar-refractivity contribution in [1.29, 1.82) is 0 Å². The highest BCUT2D eigenvalue weighted by Gasteiger charge is 2.41. The van der Waals surface area contributed by atoms with Crippen molar-refractivity contribution in [3.63, 3.8) is 0 Å². The molecule has 2 aromatic carbocycles. The summed E-state index contributed by atoms with van der Waals surface area (Å²) < 4.78 is 16.7. The Labute approximate surface area is 708 Å². The van der Waals surface area contributed by atoms with Gasteiger partial charge in [-0.1, -0.05) is 112 Å². The van der Waals surface area contributed by atoms with Gasteiger partial charge in [-0.05, 0) is 112 Å². The Morgan fingerprint density at radius 2 is 1.20 bits per heavy atom. The number of aromatic nitrogens is 1. The second kappa shape index (κ2) is 52.8. The third-order valence-corrected chi connectivity index (χ3v) is 22.3. The number of thiocarbonyl (C=S) groups is 1. The largest absolute Gasteiger partial charge is 0.508 e. The maximum absolute atomic E-state index is 15.0. The van der Waals surface area contributed by atoms with E-state index in [9.17, 15) is 107 Å². The number of rotatable bonds is 53. The SMILES string of the molecule is CCCC(=O)OCN(C(=O)[C@@H](NC(=O)[C@H]1CCCCN1C)C(C)CC)[C@H](C[C@@H](OC(C)=O)c1nc(C(=O)N[C@H](CCC(=O)NNC(=O)OCCSSC[C@H](NC(=O)[C@H](Cc2ccccc2)NC(=O)[C@H](CC(=O)O)NC(=O)CC[C@H](NC(=O)CC[C@H](NC(=S)N[C@@H](CCC(=O)O)C(=O)O)C(=O)O)C(=O)O)C(=O)O)Cc2ccc(O)cc2)cs1)C(C)C. The van der Waals surface area contributed by atoms with Crippen molar-refractivity contribution in [1.82, 2.24) is 68.2 Å². The number of esters is 2. The number of ether oxygens (including phenoxy) is 3. The molecule has 662 valence electrons. The average Bonchev–Trinajstić information content (AvgIpc) is 1.43. The van der Waals surface area contributed by atoms with Crippen LogP contribution < -0.4 is 53.4 Å². The number of hydrogen-bond acceptors (Lipinski definition) is 27. The molecule has 44 heteroatoms. The number of amides is 9. The van der Waals surface area contributed by atoms with E-state index in [0.717, 1.165) is 45.8 Å². The number of piperidine rings is 1. The molecule has 0 radical (unpaired) electrons. The fraction of sp³-hybridized carbons (Fsp3) is 0.566. The minimum atomic E-state index is -1.93. The van der Waals surface area contributed by atoms with Gasteiger partial charge in [0.1, 0.15) is 65.4 Å². The lowest BCUT2D eigenvalue weighted by Crippen LogP contribution is -2.59. The molecule has 1 aromatic heterocycles. The highest BCUT2D eigenvalue weighted by Crippen LogP contribution is 2.33. The highest BCUT2D eigenvalue weighted by molar-refractivity contribution is 8.76. The van der Waals surface area contributed by atoms with Crippen LogP contribution in [0, 0.1) is 11.8 Å². The van der Waals surface area contributed by atoms with Gasteiger partial charge >= 0.3 is 53.8 Å². The van der Waals surface area contributed by atoms with Crippen LogP contribution in [0.5, 0.6) is 5.75 Å². The van der Waals surface area contributed by atoms with E-state index in [1.54, 1.807) is 49.4 Å². The van der Waals surface area contributed by atoms with Crippen molar-refractivity contribution >= 4 is 151 Å². The maximum Gasteiger partial charge on any atom is 0.426 e. The zero-order valence-electron chi connectivity index (χ0n) is 67.3. The van der Waals surface area contributed by atoms with Crippen LogP contribution in [0.1, 0.15) is 177 Å². The van der Waals surface area contributed by atoms with Crippen LogP contribution in [0.2, 0.25) is 0 Å². The number of nitrogens with one attached hydrogen (secondary N) is 10. The molecule has 17 N–H and O–H groups in total. The summed E-state index contributed by atoms with van der Waals surface area (Å²) in [7, 11) is 3.80. The molecule has 120 heavy (non-hydrogen) atoms. The van der Waals surface area contributed by atoms with Crippen molar-refractivity contribution in [3.8, 4) is 5.75 Å². The molecule has 40 nitrogen and oxygen atoms in total. The van der Waals surface area contributed by atoms with Crippen molar-refractivity contribution in [2.45, 2.75) is 224 Å². The average molecular weight is 1760 g/mol. The number of phenols is 1. The number of carbonyl (C=O) groups is 17. The fourth-order valence-electron chi connectivity index (χ4n) is 12.1. The lowest BCUT2D eigenvalue weighted by molar-refractivity contribution is -0.161. The van der Waals surface area contributed by atoms with Crippen LogP contribution in [-0.2, 0) is 99.0 Å². The standard InChI is InChI=1S/C76H107N13O27S4/c1-8-15-63(99)115-40-89(70(104)64(42(5)9-2)85-68(103)55-18-13-14-31-88(55)7)56(41(3)4)37-57(116-43(6)90)69-82-53(38-118-69)67(102)77-46(34-45-19-22-47(91)23-20-45)21-27-60(94)86-87-76(113)114-32-33-119-120-39-54(74(111)112)81-65(100)51(35-44-16-11-10-12-17-44)80-66(101)52(36-62(97)98)79-59(93)28-24-48(71(105)106)78-58(92)29-25-49(72(107)108)83-75(117)84-50(73(109)110)26-30-61(95)96/h10-12,16-17,19-20,22-23,38,41-42,46,48-52,54-57,64,91H,8-9,13-15,18,21,24-37,39-40H2,1-7H3,(H,77,102)(H,78,92)(H,79,93)(H,80,101)(H,81,100)(H,85,103)(H,86,94)(H,87,113)(H,95,96)(H,97,98)(H,105,106)(H,107,108)(H,109,110)(H,111,112)(H2,83,84,117)/t42?,46-,48+,49+,50+,51+,52+,54+,55-,56-,57-,64+/m1/s1. The molecule has 0 aliphatic carbocycles. The number of carbonyl (C=O) groups excluding carboxylic acids is 11. The number of benzene rings is 2. The Morgan fingerprint density at radius 3 is 1.77 bits per heavy atom. The van der Waals surface area contributed by atoms with E-state index in [2.05, 4.69) is 58.4 Å². The maximum atomic E-state index is 15.0. The van der Waals surface area contributed by atoms with Crippen LogP contribution in [0.25, 0.3) is 0 Å². The number of aliphatic carboxylic acids is 6. The normalized spacial score (nSPS) is 15.3. The summed E-state index contributed by atoms with van der Waals surface area (Å²) in [6.07, 6.45) is -4.10. The van der Waals surface area contributed by atoms with Gasteiger partial charge in [-0.3, -0.25) is 67.9 Å². The number of phenolic OH excluding ortho intramolecular Hbond substituents is 1. The first-order chi connectivity index (χ1) is 56.8. The predicted octanol–water partition coefficient (Wildman–Crippen LogP) is 2.89. The number of carboxylic acids is 6. The number of nitrogens with zero attached hydrogens (tertiary/aromatic N) is 3. The fourth-order valence-corrected chi connectivity index (χ4v) is 15.2. The van der Waals surface area contributed by atoms with E-state index < -0.39 is 219 Å².